The monoisotopic (exact) mass is 553 g/mol. The molecule has 0 radical (unpaired) electrons. The van der Waals surface area contributed by atoms with E-state index in [4.69, 9.17) is 4.84 Å². The molecule has 2 atom stereocenters. The van der Waals surface area contributed by atoms with Gasteiger partial charge in [0.1, 0.15) is 35.7 Å². The molecule has 1 aromatic carbocycles. The maximum atomic E-state index is 14.7. The van der Waals surface area contributed by atoms with Crippen LogP contribution in [-0.2, 0) is 20.5 Å². The molecule has 4 rings (SSSR count). The van der Waals surface area contributed by atoms with Gasteiger partial charge in [0.05, 0.1) is 31.3 Å². The van der Waals surface area contributed by atoms with Crippen LogP contribution in [-0.4, -0.2) is 72.6 Å². The number of amidine groups is 1. The van der Waals surface area contributed by atoms with E-state index < -0.39 is 87.8 Å². The molecule has 7 nitrogen and oxygen atoms in total. The first-order valence-electron chi connectivity index (χ1n) is 10.6. The van der Waals surface area contributed by atoms with Gasteiger partial charge in [0.25, 0.3) is 12.5 Å². The molecule has 1 aromatic heterocycles. The number of aromatic nitrogens is 1. The second kappa shape index (κ2) is 8.96. The Hall–Kier alpha value is -3.23. The number of likely N-dealkylation sites (tertiary alicyclic amines) is 1. The highest BCUT2D eigenvalue weighted by Crippen LogP contribution is 2.46. The topological polar surface area (TPSA) is 74.9 Å². The summed E-state index contributed by atoms with van der Waals surface area (Å²) in [6.45, 7) is 2.93. The van der Waals surface area contributed by atoms with E-state index in [-0.39, 0.29) is 9.82 Å². The second-order valence-corrected chi connectivity index (χ2v) is 10.9. The fraction of sp³-hybridized carbons (Fsp3) is 0.409. The Morgan fingerprint density at radius 1 is 1.19 bits per heavy atom. The van der Waals surface area contributed by atoms with E-state index in [0.717, 1.165) is 17.2 Å². The van der Waals surface area contributed by atoms with Gasteiger partial charge in [-0.15, -0.1) is 3.98 Å². The summed E-state index contributed by atoms with van der Waals surface area (Å²) in [6, 6.07) is -0.0202. The van der Waals surface area contributed by atoms with Crippen molar-refractivity contribution in [1.29, 1.82) is 0 Å². The van der Waals surface area contributed by atoms with Crippen LogP contribution in [0.2, 0.25) is 0 Å². The zero-order chi connectivity index (χ0) is 27.5. The Morgan fingerprint density at radius 3 is 2.38 bits per heavy atom. The first-order chi connectivity index (χ1) is 17.1. The smallest absolute Gasteiger partial charge is 0.361 e. The Bertz CT molecular complexity index is 1390. The van der Waals surface area contributed by atoms with Gasteiger partial charge in [-0.05, 0) is 18.6 Å². The normalized spacial score (nSPS) is 23.4. The number of halogens is 7. The number of aryl methyl sites for hydroxylation is 1. The van der Waals surface area contributed by atoms with Crippen molar-refractivity contribution < 1.29 is 48.0 Å². The summed E-state index contributed by atoms with van der Waals surface area (Å²) in [4.78, 5) is 9.88. The summed E-state index contributed by atoms with van der Waals surface area (Å²) in [5, 5.41) is 3.56. The standard InChI is InChI=1S/C22H20F7N4O3S/c1-11-4-13(18-14(24)5-12(23)6-15(18)25)19(30-8-11)21(20(26)27)7-17(31-36-21)33-9-16(22(28,29)10-33)32(2)37(3,34)35/h4-6,8,16,20H,2,7,9-10H2,1,3H3/q+1/t16-,21?/m1/s1. The zero-order valence-corrected chi connectivity index (χ0v) is 20.2. The SMILES string of the molecule is C=[N+]([C@@H]1CN(C2=NOC(c3ncc(C)cc3-c3c(F)cc(F)cc3F)(C(F)F)C2)CC1(F)F)S(C)(=O)=O. The molecule has 2 aliphatic rings. The van der Waals surface area contributed by atoms with Gasteiger partial charge >= 0.3 is 15.9 Å². The average molecular weight is 553 g/mol. The summed E-state index contributed by atoms with van der Waals surface area (Å²) in [7, 11) is -4.12. The third-order valence-electron chi connectivity index (χ3n) is 6.21. The van der Waals surface area contributed by atoms with Crippen LogP contribution in [0, 0.1) is 24.4 Å². The molecule has 0 bridgehead atoms. The van der Waals surface area contributed by atoms with Gasteiger partial charge in [-0.3, -0.25) is 4.98 Å². The molecule has 3 heterocycles. The summed E-state index contributed by atoms with van der Waals surface area (Å²) in [5.41, 5.74) is -4.35. The van der Waals surface area contributed by atoms with Crippen molar-refractivity contribution in [2.75, 3.05) is 19.3 Å². The predicted molar refractivity (Wildman–Crippen MR) is 118 cm³/mol. The van der Waals surface area contributed by atoms with Crippen LogP contribution >= 0.6 is 0 Å². The maximum absolute atomic E-state index is 14.7. The van der Waals surface area contributed by atoms with Crippen molar-refractivity contribution in [3.8, 4) is 11.1 Å². The van der Waals surface area contributed by atoms with E-state index in [0.29, 0.717) is 24.0 Å². The average Bonchev–Trinajstić information content (AvgIpc) is 3.34. The minimum atomic E-state index is -4.12. The van der Waals surface area contributed by atoms with Crippen molar-refractivity contribution in [3.63, 3.8) is 0 Å². The zero-order valence-electron chi connectivity index (χ0n) is 19.4. The summed E-state index contributed by atoms with van der Waals surface area (Å²) >= 11 is 0. The lowest BCUT2D eigenvalue weighted by atomic mass is 9.88. The van der Waals surface area contributed by atoms with Gasteiger partial charge in [-0.1, -0.05) is 5.16 Å². The van der Waals surface area contributed by atoms with Crippen molar-refractivity contribution in [2.24, 2.45) is 5.16 Å². The minimum Gasteiger partial charge on any atom is -0.374 e. The lowest BCUT2D eigenvalue weighted by molar-refractivity contribution is -0.435. The van der Waals surface area contributed by atoms with E-state index in [1.165, 1.54) is 6.92 Å². The Kier molecular flexibility index (Phi) is 6.49. The Balaban J connectivity index is 1.74. The highest BCUT2D eigenvalue weighted by molar-refractivity contribution is 7.84. The van der Waals surface area contributed by atoms with Crippen LogP contribution in [0.15, 0.2) is 29.6 Å². The number of rotatable bonds is 5. The number of pyridine rings is 1. The Morgan fingerprint density at radius 2 is 1.81 bits per heavy atom. The summed E-state index contributed by atoms with van der Waals surface area (Å²) in [5.74, 6) is -7.99. The number of hydrogen-bond acceptors (Lipinski definition) is 6. The van der Waals surface area contributed by atoms with Crippen molar-refractivity contribution in [3.05, 3.63) is 53.1 Å². The first-order valence-corrected chi connectivity index (χ1v) is 12.5. The molecule has 0 aliphatic carbocycles. The molecule has 2 aromatic rings. The van der Waals surface area contributed by atoms with E-state index >= 15 is 0 Å². The minimum absolute atomic E-state index is 0.240. The molecular formula is C22H20F7N4O3S+. The maximum Gasteiger partial charge on any atom is 0.361 e. The molecule has 1 unspecified atom stereocenters. The number of alkyl halides is 4. The molecule has 37 heavy (non-hydrogen) atoms. The van der Waals surface area contributed by atoms with Gasteiger partial charge < -0.3 is 9.74 Å². The number of oxime groups is 1. The van der Waals surface area contributed by atoms with Gasteiger partial charge in [-0.25, -0.2) is 22.0 Å². The predicted octanol–water partition coefficient (Wildman–Crippen LogP) is 3.66. The largest absolute Gasteiger partial charge is 0.374 e. The van der Waals surface area contributed by atoms with E-state index in [1.807, 2.05) is 0 Å². The van der Waals surface area contributed by atoms with Crippen LogP contribution in [0.1, 0.15) is 17.7 Å². The molecular weight excluding hydrogens is 533 g/mol. The van der Waals surface area contributed by atoms with Crippen molar-refractivity contribution in [2.45, 2.75) is 37.3 Å². The van der Waals surface area contributed by atoms with Crippen molar-refractivity contribution in [1.82, 2.24) is 9.88 Å². The quantitative estimate of drug-likeness (QED) is 0.321. The number of nitrogens with zero attached hydrogens (tertiary/aromatic N) is 4. The lowest BCUT2D eigenvalue weighted by Crippen LogP contribution is -2.43. The second-order valence-electron chi connectivity index (χ2n) is 8.93. The molecule has 15 heteroatoms. The van der Waals surface area contributed by atoms with Gasteiger partial charge in [0.2, 0.25) is 5.60 Å². The lowest BCUT2D eigenvalue weighted by Gasteiger charge is -2.28. The first kappa shape index (κ1) is 26.8. The highest BCUT2D eigenvalue weighted by Gasteiger charge is 2.60. The molecule has 0 amide bonds. The van der Waals surface area contributed by atoms with Crippen LogP contribution in [0.3, 0.4) is 0 Å². The number of benzene rings is 1. The van der Waals surface area contributed by atoms with E-state index in [9.17, 15) is 39.2 Å². The number of sulfonamides is 1. The molecule has 0 N–H and O–H groups in total. The summed E-state index contributed by atoms with van der Waals surface area (Å²) < 4.78 is 125. The van der Waals surface area contributed by atoms with Crippen LogP contribution < -0.4 is 0 Å². The van der Waals surface area contributed by atoms with Gasteiger partial charge in [0, 0.05) is 23.9 Å². The molecule has 0 spiro atoms. The van der Waals surface area contributed by atoms with Crippen LogP contribution in [0.4, 0.5) is 30.7 Å². The third kappa shape index (κ3) is 4.64. The van der Waals surface area contributed by atoms with Crippen LogP contribution in [0.5, 0.6) is 0 Å². The summed E-state index contributed by atoms with van der Waals surface area (Å²) in [6.07, 6.45) is -2.42. The third-order valence-corrected chi connectivity index (χ3v) is 7.32. The fourth-order valence-corrected chi connectivity index (χ4v) is 5.03. The van der Waals surface area contributed by atoms with E-state index in [1.54, 1.807) is 0 Å². The molecule has 200 valence electrons. The highest BCUT2D eigenvalue weighted by atomic mass is 32.2. The Labute approximate surface area is 206 Å². The van der Waals surface area contributed by atoms with Crippen molar-refractivity contribution >= 4 is 22.6 Å². The van der Waals surface area contributed by atoms with Gasteiger partial charge in [-0.2, -0.15) is 17.2 Å². The van der Waals surface area contributed by atoms with Gasteiger partial charge in [0.15, 0.2) is 0 Å². The van der Waals surface area contributed by atoms with Crippen LogP contribution in [0.25, 0.3) is 11.1 Å². The molecule has 2 aliphatic heterocycles. The number of hydrogen-bond donors (Lipinski definition) is 0. The molecule has 1 saturated heterocycles. The van der Waals surface area contributed by atoms with E-state index in [2.05, 4.69) is 16.9 Å². The molecule has 0 saturated carbocycles. The fourth-order valence-electron chi connectivity index (χ4n) is 4.34. The molecule has 1 fully saturated rings.